The number of benzene rings is 1. The minimum Gasteiger partial charge on any atom is -0.317 e. The van der Waals surface area contributed by atoms with Gasteiger partial charge < -0.3 is 5.32 Å². The number of piperidine rings is 1. The van der Waals surface area contributed by atoms with Crippen LogP contribution < -0.4 is 10.0 Å². The molecule has 0 bridgehead atoms. The second-order valence-electron chi connectivity index (χ2n) is 5.03. The van der Waals surface area contributed by atoms with Crippen LogP contribution in [0.1, 0.15) is 19.3 Å². The third kappa shape index (κ3) is 4.42. The van der Waals surface area contributed by atoms with E-state index in [0.29, 0.717) is 12.3 Å². The van der Waals surface area contributed by atoms with Crippen LogP contribution in [0.5, 0.6) is 0 Å². The minimum absolute atomic E-state index is 0.00331. The zero-order valence-corrected chi connectivity index (χ0v) is 11.8. The Balaban J connectivity index is 1.91. The zero-order valence-electron chi connectivity index (χ0n) is 11.0. The molecule has 1 aromatic rings. The van der Waals surface area contributed by atoms with Gasteiger partial charge in [0.05, 0.1) is 11.4 Å². The van der Waals surface area contributed by atoms with Gasteiger partial charge in [0.1, 0.15) is 0 Å². The van der Waals surface area contributed by atoms with E-state index >= 15 is 0 Å². The van der Waals surface area contributed by atoms with Gasteiger partial charge in [0.25, 0.3) is 0 Å². The molecule has 1 saturated heterocycles. The monoisotopic (exact) mass is 304 g/mol. The summed E-state index contributed by atoms with van der Waals surface area (Å²) >= 11 is 0. The molecule has 112 valence electrons. The second-order valence-corrected chi connectivity index (χ2v) is 6.87. The Morgan fingerprint density at radius 3 is 2.55 bits per heavy atom. The lowest BCUT2D eigenvalue weighted by Crippen LogP contribution is -2.29. The van der Waals surface area contributed by atoms with Gasteiger partial charge in [0, 0.05) is 6.07 Å². The van der Waals surface area contributed by atoms with Crippen LogP contribution in [0.4, 0.5) is 14.5 Å². The van der Waals surface area contributed by atoms with Crippen molar-refractivity contribution in [1.29, 1.82) is 0 Å². The number of anilines is 1. The Morgan fingerprint density at radius 2 is 1.90 bits per heavy atom. The first kappa shape index (κ1) is 15.2. The molecule has 2 rings (SSSR count). The molecule has 0 unspecified atom stereocenters. The SMILES string of the molecule is O=S(=O)(CCC1CCNCC1)Nc1ccc(F)c(F)c1. The molecule has 1 heterocycles. The molecule has 1 aromatic carbocycles. The van der Waals surface area contributed by atoms with Crippen molar-refractivity contribution >= 4 is 15.7 Å². The first-order valence-corrected chi connectivity index (χ1v) is 8.28. The summed E-state index contributed by atoms with van der Waals surface area (Å²) in [6, 6.07) is 2.96. The van der Waals surface area contributed by atoms with Crippen molar-refractivity contribution in [3.63, 3.8) is 0 Å². The number of hydrogen-bond acceptors (Lipinski definition) is 3. The van der Waals surface area contributed by atoms with Gasteiger partial charge in [-0.15, -0.1) is 0 Å². The van der Waals surface area contributed by atoms with Crippen LogP contribution in [-0.2, 0) is 10.0 Å². The van der Waals surface area contributed by atoms with E-state index in [1.807, 2.05) is 0 Å². The Labute approximate surface area is 117 Å². The molecule has 0 aliphatic carbocycles. The molecular formula is C13H18F2N2O2S. The van der Waals surface area contributed by atoms with Gasteiger partial charge in [-0.2, -0.15) is 0 Å². The van der Waals surface area contributed by atoms with Crippen molar-refractivity contribution in [2.45, 2.75) is 19.3 Å². The second kappa shape index (κ2) is 6.49. The average molecular weight is 304 g/mol. The van der Waals surface area contributed by atoms with Crippen LogP contribution in [0.2, 0.25) is 0 Å². The first-order chi connectivity index (χ1) is 9.46. The van der Waals surface area contributed by atoms with Gasteiger partial charge in [-0.3, -0.25) is 4.72 Å². The zero-order chi connectivity index (χ0) is 14.6. The Hall–Kier alpha value is -1.21. The number of halogens is 2. The van der Waals surface area contributed by atoms with Crippen molar-refractivity contribution in [2.75, 3.05) is 23.6 Å². The molecule has 0 aromatic heterocycles. The summed E-state index contributed by atoms with van der Waals surface area (Å²) in [4.78, 5) is 0. The summed E-state index contributed by atoms with van der Waals surface area (Å²) in [6.45, 7) is 1.84. The van der Waals surface area contributed by atoms with Crippen molar-refractivity contribution in [2.24, 2.45) is 5.92 Å². The van der Waals surface area contributed by atoms with Gasteiger partial charge in [-0.25, -0.2) is 17.2 Å². The van der Waals surface area contributed by atoms with Crippen LogP contribution in [0, 0.1) is 17.6 Å². The summed E-state index contributed by atoms with van der Waals surface area (Å²) in [5.74, 6) is -1.67. The highest BCUT2D eigenvalue weighted by Crippen LogP contribution is 2.19. The lowest BCUT2D eigenvalue weighted by molar-refractivity contribution is 0.365. The minimum atomic E-state index is -3.52. The van der Waals surface area contributed by atoms with Crippen LogP contribution in [0.15, 0.2) is 18.2 Å². The maximum absolute atomic E-state index is 13.0. The van der Waals surface area contributed by atoms with Gasteiger partial charge in [0.15, 0.2) is 11.6 Å². The fraction of sp³-hybridized carbons (Fsp3) is 0.538. The third-order valence-corrected chi connectivity index (χ3v) is 4.77. The molecule has 20 heavy (non-hydrogen) atoms. The van der Waals surface area contributed by atoms with E-state index in [9.17, 15) is 17.2 Å². The molecule has 2 N–H and O–H groups in total. The predicted octanol–water partition coefficient (Wildman–Crippen LogP) is 2.10. The van der Waals surface area contributed by atoms with Gasteiger partial charge in [-0.05, 0) is 50.4 Å². The van der Waals surface area contributed by atoms with Crippen molar-refractivity contribution in [3.05, 3.63) is 29.8 Å². The van der Waals surface area contributed by atoms with E-state index in [-0.39, 0.29) is 11.4 Å². The molecule has 0 amide bonds. The van der Waals surface area contributed by atoms with E-state index in [0.717, 1.165) is 38.1 Å². The van der Waals surface area contributed by atoms with Crippen molar-refractivity contribution < 1.29 is 17.2 Å². The summed E-state index contributed by atoms with van der Waals surface area (Å²) in [6.07, 6.45) is 2.53. The maximum atomic E-state index is 13.0. The summed E-state index contributed by atoms with van der Waals surface area (Å²) in [7, 11) is -3.52. The molecule has 0 spiro atoms. The number of sulfonamides is 1. The largest absolute Gasteiger partial charge is 0.317 e. The molecule has 1 fully saturated rings. The normalized spacial score (nSPS) is 17.1. The fourth-order valence-electron chi connectivity index (χ4n) is 2.28. The highest BCUT2D eigenvalue weighted by molar-refractivity contribution is 7.92. The molecular weight excluding hydrogens is 286 g/mol. The maximum Gasteiger partial charge on any atom is 0.232 e. The van der Waals surface area contributed by atoms with Crippen LogP contribution >= 0.6 is 0 Å². The lowest BCUT2D eigenvalue weighted by atomic mass is 9.96. The first-order valence-electron chi connectivity index (χ1n) is 6.62. The number of rotatable bonds is 5. The number of hydrogen-bond donors (Lipinski definition) is 2. The topological polar surface area (TPSA) is 58.2 Å². The van der Waals surface area contributed by atoms with E-state index < -0.39 is 21.7 Å². The summed E-state index contributed by atoms with van der Waals surface area (Å²) < 4.78 is 51.8. The Morgan fingerprint density at radius 1 is 1.20 bits per heavy atom. The van der Waals surface area contributed by atoms with Crippen LogP contribution in [-0.4, -0.2) is 27.3 Å². The molecule has 7 heteroatoms. The highest BCUT2D eigenvalue weighted by atomic mass is 32.2. The highest BCUT2D eigenvalue weighted by Gasteiger charge is 2.18. The van der Waals surface area contributed by atoms with Gasteiger partial charge >= 0.3 is 0 Å². The fourth-order valence-corrected chi connectivity index (χ4v) is 3.51. The van der Waals surface area contributed by atoms with E-state index in [4.69, 9.17) is 0 Å². The smallest absolute Gasteiger partial charge is 0.232 e. The average Bonchev–Trinajstić information content (AvgIpc) is 2.42. The molecule has 0 atom stereocenters. The van der Waals surface area contributed by atoms with Crippen LogP contribution in [0.3, 0.4) is 0 Å². The van der Waals surface area contributed by atoms with E-state index in [1.165, 1.54) is 6.07 Å². The van der Waals surface area contributed by atoms with E-state index in [1.54, 1.807) is 0 Å². The molecule has 4 nitrogen and oxygen atoms in total. The van der Waals surface area contributed by atoms with Gasteiger partial charge in [-0.1, -0.05) is 0 Å². The summed E-state index contributed by atoms with van der Waals surface area (Å²) in [5, 5.41) is 3.22. The molecule has 1 aliphatic rings. The molecule has 0 radical (unpaired) electrons. The Bertz CT molecular complexity index is 557. The van der Waals surface area contributed by atoms with Crippen LogP contribution in [0.25, 0.3) is 0 Å². The van der Waals surface area contributed by atoms with Gasteiger partial charge in [0.2, 0.25) is 10.0 Å². The van der Waals surface area contributed by atoms with E-state index in [2.05, 4.69) is 10.0 Å². The lowest BCUT2D eigenvalue weighted by Gasteiger charge is -2.22. The molecule has 1 aliphatic heterocycles. The Kier molecular flexibility index (Phi) is 4.93. The van der Waals surface area contributed by atoms with Crippen molar-refractivity contribution in [3.8, 4) is 0 Å². The predicted molar refractivity (Wildman–Crippen MR) is 74.0 cm³/mol. The summed E-state index contributed by atoms with van der Waals surface area (Å²) in [5.41, 5.74) is 0.0502. The number of nitrogens with one attached hydrogen (secondary N) is 2. The molecule has 0 saturated carbocycles. The quantitative estimate of drug-likeness (QED) is 0.876. The standard InChI is InChI=1S/C13H18F2N2O2S/c14-12-2-1-11(9-13(12)15)17-20(18,19)8-5-10-3-6-16-7-4-10/h1-2,9-10,16-17H,3-8H2. The third-order valence-electron chi connectivity index (χ3n) is 3.45. The van der Waals surface area contributed by atoms with Crippen molar-refractivity contribution in [1.82, 2.24) is 5.32 Å².